The van der Waals surface area contributed by atoms with E-state index in [2.05, 4.69) is 5.32 Å². The molecule has 0 bridgehead atoms. The smallest absolute Gasteiger partial charge is 0.339 e. The van der Waals surface area contributed by atoms with Gasteiger partial charge in [0.2, 0.25) is 6.79 Å². The molecule has 1 N–H and O–H groups in total. The lowest BCUT2D eigenvalue weighted by atomic mass is 10.2. The summed E-state index contributed by atoms with van der Waals surface area (Å²) in [6.07, 6.45) is -1.02. The van der Waals surface area contributed by atoms with Crippen molar-refractivity contribution in [3.05, 3.63) is 52.0 Å². The van der Waals surface area contributed by atoms with E-state index >= 15 is 0 Å². The molecule has 0 aliphatic carbocycles. The van der Waals surface area contributed by atoms with E-state index in [0.717, 1.165) is 0 Å². The number of hydrogen-bond donors (Lipinski definition) is 1. The second kappa shape index (κ2) is 7.21. The molecule has 0 radical (unpaired) electrons. The van der Waals surface area contributed by atoms with Gasteiger partial charge >= 0.3 is 5.97 Å². The van der Waals surface area contributed by atoms with Crippen molar-refractivity contribution in [1.29, 1.82) is 0 Å². The largest absolute Gasteiger partial charge is 0.454 e. The average molecular weight is 382 g/mol. The van der Waals surface area contributed by atoms with Crippen molar-refractivity contribution in [3.63, 3.8) is 0 Å². The SMILES string of the molecule is CC(OC(=O)c1ccc2c(c1)OCO2)C(=O)Nc1cc(Cl)cc(Cl)c1. The number of esters is 1. The zero-order valence-corrected chi connectivity index (χ0v) is 14.6. The first-order chi connectivity index (χ1) is 11.9. The summed E-state index contributed by atoms with van der Waals surface area (Å²) in [4.78, 5) is 24.3. The number of amides is 1. The minimum Gasteiger partial charge on any atom is -0.454 e. The standard InChI is InChI=1S/C17H13Cl2NO5/c1-9(16(21)20-13-6-11(18)5-12(19)7-13)25-17(22)10-2-3-14-15(4-10)24-8-23-14/h2-7,9H,8H2,1H3,(H,20,21). The van der Waals surface area contributed by atoms with Crippen LogP contribution in [0.15, 0.2) is 36.4 Å². The normalized spacial score (nSPS) is 13.2. The van der Waals surface area contributed by atoms with Gasteiger partial charge in [-0.1, -0.05) is 23.2 Å². The predicted octanol–water partition coefficient (Wildman–Crippen LogP) is 3.91. The molecule has 2 aromatic carbocycles. The summed E-state index contributed by atoms with van der Waals surface area (Å²) >= 11 is 11.8. The molecule has 0 spiro atoms. The van der Waals surface area contributed by atoms with Gasteiger partial charge in [0.1, 0.15) is 0 Å². The fourth-order valence-corrected chi connectivity index (χ4v) is 2.70. The number of halogens is 2. The number of hydrogen-bond acceptors (Lipinski definition) is 5. The van der Waals surface area contributed by atoms with Gasteiger partial charge in [-0.05, 0) is 43.3 Å². The molecule has 8 heteroatoms. The summed E-state index contributed by atoms with van der Waals surface area (Å²) in [6, 6.07) is 9.28. The van der Waals surface area contributed by atoms with Crippen molar-refractivity contribution in [1.82, 2.24) is 0 Å². The maximum atomic E-state index is 12.2. The van der Waals surface area contributed by atoms with Crippen LogP contribution in [0.2, 0.25) is 10.0 Å². The van der Waals surface area contributed by atoms with Gasteiger partial charge in [-0.3, -0.25) is 4.79 Å². The Morgan fingerprint density at radius 2 is 1.76 bits per heavy atom. The van der Waals surface area contributed by atoms with E-state index in [4.69, 9.17) is 37.4 Å². The van der Waals surface area contributed by atoms with Gasteiger partial charge < -0.3 is 19.5 Å². The molecule has 0 fully saturated rings. The van der Waals surface area contributed by atoms with E-state index < -0.39 is 18.0 Å². The zero-order valence-electron chi connectivity index (χ0n) is 13.0. The van der Waals surface area contributed by atoms with Crippen molar-refractivity contribution >= 4 is 40.8 Å². The first kappa shape index (κ1) is 17.4. The lowest BCUT2D eigenvalue weighted by molar-refractivity contribution is -0.123. The molecule has 0 aromatic heterocycles. The number of nitrogens with one attached hydrogen (secondary N) is 1. The Morgan fingerprint density at radius 1 is 1.08 bits per heavy atom. The number of anilines is 1. The summed E-state index contributed by atoms with van der Waals surface area (Å²) in [7, 11) is 0. The van der Waals surface area contributed by atoms with Crippen LogP contribution in [0.5, 0.6) is 11.5 Å². The summed E-state index contributed by atoms with van der Waals surface area (Å²) < 4.78 is 15.6. The van der Waals surface area contributed by atoms with E-state index in [9.17, 15) is 9.59 Å². The molecule has 1 aliphatic heterocycles. The molecule has 6 nitrogen and oxygen atoms in total. The molecule has 0 saturated carbocycles. The van der Waals surface area contributed by atoms with Gasteiger partial charge in [-0.25, -0.2) is 4.79 Å². The molecule has 0 saturated heterocycles. The lowest BCUT2D eigenvalue weighted by Crippen LogP contribution is -2.30. The molecule has 3 rings (SSSR count). The van der Waals surface area contributed by atoms with E-state index in [1.165, 1.54) is 31.2 Å². The molecule has 25 heavy (non-hydrogen) atoms. The third-order valence-corrected chi connectivity index (χ3v) is 3.83. The summed E-state index contributed by atoms with van der Waals surface area (Å²) in [5, 5.41) is 3.36. The lowest BCUT2D eigenvalue weighted by Gasteiger charge is -2.14. The summed E-state index contributed by atoms with van der Waals surface area (Å²) in [5.41, 5.74) is 0.670. The Hall–Kier alpha value is -2.44. The zero-order chi connectivity index (χ0) is 18.0. The predicted molar refractivity (Wildman–Crippen MR) is 92.5 cm³/mol. The van der Waals surface area contributed by atoms with Gasteiger partial charge in [0.15, 0.2) is 17.6 Å². The van der Waals surface area contributed by atoms with E-state index in [-0.39, 0.29) is 12.4 Å². The van der Waals surface area contributed by atoms with Gasteiger partial charge in [-0.2, -0.15) is 0 Å². The number of ether oxygens (including phenoxy) is 3. The summed E-state index contributed by atoms with van der Waals surface area (Å²) in [5.74, 6) is -0.141. The Kier molecular flexibility index (Phi) is 5.01. The Balaban J connectivity index is 1.63. The number of rotatable bonds is 4. The van der Waals surface area contributed by atoms with Crippen LogP contribution in [0, 0.1) is 0 Å². The van der Waals surface area contributed by atoms with Crippen LogP contribution in [-0.4, -0.2) is 24.8 Å². The summed E-state index contributed by atoms with van der Waals surface area (Å²) in [6.45, 7) is 1.57. The van der Waals surface area contributed by atoms with Crippen LogP contribution in [0.1, 0.15) is 17.3 Å². The molecule has 130 valence electrons. The number of fused-ring (bicyclic) bond motifs is 1. The highest BCUT2D eigenvalue weighted by molar-refractivity contribution is 6.35. The molecule has 1 amide bonds. The Morgan fingerprint density at radius 3 is 2.48 bits per heavy atom. The fraction of sp³-hybridized carbons (Fsp3) is 0.176. The highest BCUT2D eigenvalue weighted by atomic mass is 35.5. The van der Waals surface area contributed by atoms with Crippen LogP contribution in [0.3, 0.4) is 0 Å². The van der Waals surface area contributed by atoms with Crippen LogP contribution < -0.4 is 14.8 Å². The third-order valence-electron chi connectivity index (χ3n) is 3.39. The Bertz CT molecular complexity index is 820. The fourth-order valence-electron chi connectivity index (χ4n) is 2.18. The average Bonchev–Trinajstić information content (AvgIpc) is 3.01. The van der Waals surface area contributed by atoms with Gasteiger partial charge in [0.25, 0.3) is 5.91 Å². The quantitative estimate of drug-likeness (QED) is 0.812. The van der Waals surface area contributed by atoms with Crippen molar-refractivity contribution in [2.75, 3.05) is 12.1 Å². The van der Waals surface area contributed by atoms with Crippen molar-refractivity contribution in [2.45, 2.75) is 13.0 Å². The number of carbonyl (C=O) groups is 2. The minimum absolute atomic E-state index is 0.106. The van der Waals surface area contributed by atoms with Gasteiger partial charge in [0, 0.05) is 15.7 Å². The molecule has 1 atom stereocenters. The van der Waals surface area contributed by atoms with Gasteiger partial charge in [0.05, 0.1) is 5.56 Å². The first-order valence-corrected chi connectivity index (χ1v) is 8.05. The topological polar surface area (TPSA) is 73.9 Å². The number of benzene rings is 2. The third kappa shape index (κ3) is 4.15. The maximum Gasteiger partial charge on any atom is 0.339 e. The van der Waals surface area contributed by atoms with Crippen LogP contribution in [0.4, 0.5) is 5.69 Å². The van der Waals surface area contributed by atoms with Crippen molar-refractivity contribution in [3.8, 4) is 11.5 Å². The Labute approximate surface area is 153 Å². The highest BCUT2D eigenvalue weighted by Gasteiger charge is 2.22. The first-order valence-electron chi connectivity index (χ1n) is 7.30. The van der Waals surface area contributed by atoms with E-state index in [1.807, 2.05) is 0 Å². The second-order valence-electron chi connectivity index (χ2n) is 5.26. The minimum atomic E-state index is -1.02. The van der Waals surface area contributed by atoms with E-state index in [1.54, 1.807) is 12.1 Å². The molecular weight excluding hydrogens is 369 g/mol. The van der Waals surface area contributed by atoms with Gasteiger partial charge in [-0.15, -0.1) is 0 Å². The number of carbonyl (C=O) groups excluding carboxylic acids is 2. The molecule has 2 aromatic rings. The van der Waals surface area contributed by atoms with Crippen molar-refractivity contribution in [2.24, 2.45) is 0 Å². The highest BCUT2D eigenvalue weighted by Crippen LogP contribution is 2.32. The van der Waals surface area contributed by atoms with Crippen LogP contribution in [-0.2, 0) is 9.53 Å². The molecular formula is C17H13Cl2NO5. The molecule has 1 heterocycles. The van der Waals surface area contributed by atoms with Crippen LogP contribution in [0.25, 0.3) is 0 Å². The van der Waals surface area contributed by atoms with E-state index in [0.29, 0.717) is 27.2 Å². The maximum absolute atomic E-state index is 12.2. The van der Waals surface area contributed by atoms with Crippen molar-refractivity contribution < 1.29 is 23.8 Å². The molecule has 1 unspecified atom stereocenters. The van der Waals surface area contributed by atoms with Crippen LogP contribution >= 0.6 is 23.2 Å². The second-order valence-corrected chi connectivity index (χ2v) is 6.14. The molecule has 1 aliphatic rings. The monoisotopic (exact) mass is 381 g/mol.